The fourth-order valence-electron chi connectivity index (χ4n) is 0.478. The van der Waals surface area contributed by atoms with Gasteiger partial charge in [0, 0.05) is 6.04 Å². The monoisotopic (exact) mass is 113 g/mol. The molecule has 1 nitrogen and oxygen atoms in total. The number of hydrogen-bond acceptors (Lipinski definition) is 1. The van der Waals surface area contributed by atoms with E-state index in [1.807, 2.05) is 13.0 Å². The van der Waals surface area contributed by atoms with Gasteiger partial charge in [0.15, 0.2) is 0 Å². The summed E-state index contributed by atoms with van der Waals surface area (Å²) in [5, 5.41) is 0. The summed E-state index contributed by atoms with van der Waals surface area (Å²) in [5.74, 6) is 0. The molecule has 0 amide bonds. The van der Waals surface area contributed by atoms with Crippen LogP contribution in [0.5, 0.6) is 0 Å². The SMILES string of the molecule is CCC/C=C/[C@@H](C)N. The molecule has 0 unspecified atom stereocenters. The first-order valence-electron chi connectivity index (χ1n) is 3.19. The van der Waals surface area contributed by atoms with Crippen LogP contribution in [0, 0.1) is 0 Å². The molecule has 0 fully saturated rings. The van der Waals surface area contributed by atoms with Crippen LogP contribution >= 0.6 is 0 Å². The van der Waals surface area contributed by atoms with Crippen molar-refractivity contribution in [2.75, 3.05) is 0 Å². The lowest BCUT2D eigenvalue weighted by molar-refractivity contribution is 0.897. The molecule has 2 N–H and O–H groups in total. The normalized spacial score (nSPS) is 14.9. The quantitative estimate of drug-likeness (QED) is 0.554. The van der Waals surface area contributed by atoms with E-state index >= 15 is 0 Å². The number of rotatable bonds is 3. The molecule has 0 aromatic rings. The van der Waals surface area contributed by atoms with Crippen molar-refractivity contribution in [3.05, 3.63) is 12.2 Å². The molecule has 0 rings (SSSR count). The second-order valence-electron chi connectivity index (χ2n) is 2.08. The smallest absolute Gasteiger partial charge is 0.0194 e. The van der Waals surface area contributed by atoms with Gasteiger partial charge >= 0.3 is 0 Å². The highest BCUT2D eigenvalue weighted by atomic mass is 14.6. The van der Waals surface area contributed by atoms with E-state index in [4.69, 9.17) is 5.73 Å². The van der Waals surface area contributed by atoms with Gasteiger partial charge in [-0.25, -0.2) is 0 Å². The number of hydrogen-bond donors (Lipinski definition) is 1. The number of unbranched alkanes of at least 4 members (excludes halogenated alkanes) is 1. The largest absolute Gasteiger partial charge is 0.325 e. The topological polar surface area (TPSA) is 26.0 Å². The predicted octanol–water partition coefficient (Wildman–Crippen LogP) is 1.69. The lowest BCUT2D eigenvalue weighted by Gasteiger charge is -1.91. The Morgan fingerprint density at radius 3 is 2.62 bits per heavy atom. The summed E-state index contributed by atoms with van der Waals surface area (Å²) in [6, 6.07) is 0.224. The third kappa shape index (κ3) is 5.70. The van der Waals surface area contributed by atoms with E-state index in [1.165, 1.54) is 6.42 Å². The van der Waals surface area contributed by atoms with E-state index < -0.39 is 0 Å². The van der Waals surface area contributed by atoms with E-state index in [0.717, 1.165) is 6.42 Å². The van der Waals surface area contributed by atoms with Crippen LogP contribution in [0.4, 0.5) is 0 Å². The molecular weight excluding hydrogens is 98.1 g/mol. The minimum absolute atomic E-state index is 0.224. The first-order valence-corrected chi connectivity index (χ1v) is 3.19. The second kappa shape index (κ2) is 4.85. The fourth-order valence-corrected chi connectivity index (χ4v) is 0.478. The van der Waals surface area contributed by atoms with Crippen molar-refractivity contribution in [1.29, 1.82) is 0 Å². The first-order chi connectivity index (χ1) is 3.77. The Bertz CT molecular complexity index is 64.8. The molecule has 0 heterocycles. The molecule has 1 heteroatoms. The molecule has 0 aliphatic heterocycles. The predicted molar refractivity (Wildman–Crippen MR) is 37.7 cm³/mol. The summed E-state index contributed by atoms with van der Waals surface area (Å²) in [6.45, 7) is 4.14. The maximum absolute atomic E-state index is 5.45. The van der Waals surface area contributed by atoms with Crippen molar-refractivity contribution < 1.29 is 0 Å². The zero-order valence-electron chi connectivity index (χ0n) is 5.72. The van der Waals surface area contributed by atoms with Crippen molar-refractivity contribution in [3.8, 4) is 0 Å². The highest BCUT2D eigenvalue weighted by Crippen LogP contribution is 1.88. The zero-order valence-corrected chi connectivity index (χ0v) is 5.72. The molecular formula is C7H15N. The van der Waals surface area contributed by atoms with Gasteiger partial charge in [-0.3, -0.25) is 0 Å². The Hall–Kier alpha value is -0.300. The van der Waals surface area contributed by atoms with E-state index in [0.29, 0.717) is 0 Å². The molecule has 48 valence electrons. The van der Waals surface area contributed by atoms with E-state index in [-0.39, 0.29) is 6.04 Å². The van der Waals surface area contributed by atoms with Crippen molar-refractivity contribution in [1.82, 2.24) is 0 Å². The highest BCUT2D eigenvalue weighted by molar-refractivity contribution is 4.87. The highest BCUT2D eigenvalue weighted by Gasteiger charge is 1.79. The molecule has 0 aliphatic rings. The first kappa shape index (κ1) is 7.70. The standard InChI is InChI=1S/C7H15N/c1-3-4-5-6-7(2)8/h5-7H,3-4,8H2,1-2H3/b6-5+/t7-/m1/s1. The van der Waals surface area contributed by atoms with E-state index in [1.54, 1.807) is 0 Å². The average molecular weight is 113 g/mol. The fraction of sp³-hybridized carbons (Fsp3) is 0.714. The van der Waals surface area contributed by atoms with Crippen LogP contribution in [0.2, 0.25) is 0 Å². The van der Waals surface area contributed by atoms with Crippen molar-refractivity contribution in [3.63, 3.8) is 0 Å². The van der Waals surface area contributed by atoms with Gasteiger partial charge in [-0.2, -0.15) is 0 Å². The van der Waals surface area contributed by atoms with Gasteiger partial charge < -0.3 is 5.73 Å². The van der Waals surface area contributed by atoms with Gasteiger partial charge in [0.05, 0.1) is 0 Å². The third-order valence-electron chi connectivity index (χ3n) is 0.895. The Morgan fingerprint density at radius 1 is 1.62 bits per heavy atom. The lowest BCUT2D eigenvalue weighted by Crippen LogP contribution is -2.09. The van der Waals surface area contributed by atoms with E-state index in [2.05, 4.69) is 13.0 Å². The van der Waals surface area contributed by atoms with Crippen LogP contribution in [-0.4, -0.2) is 6.04 Å². The summed E-state index contributed by atoms with van der Waals surface area (Å²) in [6.07, 6.45) is 6.53. The van der Waals surface area contributed by atoms with Crippen LogP contribution in [-0.2, 0) is 0 Å². The Balaban J connectivity index is 3.07. The molecule has 0 saturated heterocycles. The average Bonchev–Trinajstić information content (AvgIpc) is 1.66. The summed E-state index contributed by atoms with van der Waals surface area (Å²) >= 11 is 0. The van der Waals surface area contributed by atoms with Crippen LogP contribution in [0.1, 0.15) is 26.7 Å². The van der Waals surface area contributed by atoms with Crippen LogP contribution in [0.3, 0.4) is 0 Å². The summed E-state index contributed by atoms with van der Waals surface area (Å²) in [7, 11) is 0. The van der Waals surface area contributed by atoms with Crippen molar-refractivity contribution in [2.45, 2.75) is 32.7 Å². The van der Waals surface area contributed by atoms with Crippen LogP contribution in [0.25, 0.3) is 0 Å². The van der Waals surface area contributed by atoms with Gasteiger partial charge in [0.2, 0.25) is 0 Å². The molecule has 0 aromatic heterocycles. The minimum Gasteiger partial charge on any atom is -0.325 e. The Kier molecular flexibility index (Phi) is 4.67. The van der Waals surface area contributed by atoms with Crippen molar-refractivity contribution >= 4 is 0 Å². The van der Waals surface area contributed by atoms with Gasteiger partial charge in [0.25, 0.3) is 0 Å². The Labute approximate surface area is 51.6 Å². The summed E-state index contributed by atoms with van der Waals surface area (Å²) in [5.41, 5.74) is 5.45. The van der Waals surface area contributed by atoms with Gasteiger partial charge in [-0.1, -0.05) is 25.5 Å². The molecule has 0 aliphatic carbocycles. The molecule has 0 saturated carbocycles. The van der Waals surface area contributed by atoms with Gasteiger partial charge in [0.1, 0.15) is 0 Å². The molecule has 0 spiro atoms. The Morgan fingerprint density at radius 2 is 2.25 bits per heavy atom. The maximum Gasteiger partial charge on any atom is 0.0194 e. The maximum atomic E-state index is 5.45. The van der Waals surface area contributed by atoms with E-state index in [9.17, 15) is 0 Å². The molecule has 1 atom stereocenters. The van der Waals surface area contributed by atoms with Gasteiger partial charge in [-0.05, 0) is 13.3 Å². The van der Waals surface area contributed by atoms with Crippen LogP contribution in [0.15, 0.2) is 12.2 Å². The molecule has 0 radical (unpaired) electrons. The molecule has 0 bridgehead atoms. The summed E-state index contributed by atoms with van der Waals surface area (Å²) in [4.78, 5) is 0. The third-order valence-corrected chi connectivity index (χ3v) is 0.895. The molecule has 0 aromatic carbocycles. The second-order valence-corrected chi connectivity index (χ2v) is 2.08. The number of nitrogens with two attached hydrogens (primary N) is 1. The zero-order chi connectivity index (χ0) is 6.41. The number of allylic oxidation sites excluding steroid dienone is 1. The summed E-state index contributed by atoms with van der Waals surface area (Å²) < 4.78 is 0. The van der Waals surface area contributed by atoms with Gasteiger partial charge in [-0.15, -0.1) is 0 Å². The molecule has 8 heavy (non-hydrogen) atoms. The lowest BCUT2D eigenvalue weighted by atomic mass is 10.2. The minimum atomic E-state index is 0.224. The van der Waals surface area contributed by atoms with Crippen LogP contribution < -0.4 is 5.73 Å². The van der Waals surface area contributed by atoms with Crippen molar-refractivity contribution in [2.24, 2.45) is 5.73 Å².